The first kappa shape index (κ1) is 28.1. The maximum absolute atomic E-state index is 12.3. The minimum absolute atomic E-state index is 0.0332. The van der Waals surface area contributed by atoms with Crippen molar-refractivity contribution < 1.29 is 9.90 Å². The van der Waals surface area contributed by atoms with Crippen molar-refractivity contribution in [1.82, 2.24) is 24.9 Å². The molecule has 41 heavy (non-hydrogen) atoms. The van der Waals surface area contributed by atoms with Gasteiger partial charge in [0.2, 0.25) is 5.95 Å². The number of anilines is 4. The van der Waals surface area contributed by atoms with Crippen LogP contribution in [0.4, 0.5) is 23.4 Å². The maximum atomic E-state index is 12.3. The van der Waals surface area contributed by atoms with Crippen molar-refractivity contribution in [2.45, 2.75) is 61.0 Å². The molecule has 3 aliphatic rings. The molecule has 2 saturated heterocycles. The van der Waals surface area contributed by atoms with Crippen LogP contribution in [0, 0.1) is 11.3 Å². The van der Waals surface area contributed by atoms with Gasteiger partial charge in [0.1, 0.15) is 22.4 Å². The largest absolute Gasteiger partial charge is 0.394 e. The van der Waals surface area contributed by atoms with Crippen molar-refractivity contribution in [3.8, 4) is 0 Å². The third-order valence-electron chi connectivity index (χ3n) is 8.78. The topological polar surface area (TPSA) is 146 Å². The van der Waals surface area contributed by atoms with Gasteiger partial charge in [-0.2, -0.15) is 4.98 Å². The van der Waals surface area contributed by atoms with Gasteiger partial charge in [-0.25, -0.2) is 19.9 Å². The van der Waals surface area contributed by atoms with E-state index in [4.69, 9.17) is 17.3 Å². The average molecular weight is 596 g/mol. The van der Waals surface area contributed by atoms with Gasteiger partial charge in [0.15, 0.2) is 5.82 Å². The highest BCUT2D eigenvalue weighted by Crippen LogP contribution is 2.46. The van der Waals surface area contributed by atoms with E-state index in [1.54, 1.807) is 30.9 Å². The van der Waals surface area contributed by atoms with Crippen molar-refractivity contribution in [3.05, 3.63) is 41.9 Å². The lowest BCUT2D eigenvalue weighted by Crippen LogP contribution is -2.48. The van der Waals surface area contributed by atoms with E-state index < -0.39 is 0 Å². The Morgan fingerprint density at radius 1 is 1.15 bits per heavy atom. The Balaban J connectivity index is 1.10. The number of ketones is 1. The first-order chi connectivity index (χ1) is 19.9. The van der Waals surface area contributed by atoms with Crippen LogP contribution in [-0.4, -0.2) is 74.1 Å². The molecule has 13 heteroatoms. The maximum Gasteiger partial charge on any atom is 0.227 e. The zero-order valence-electron chi connectivity index (χ0n) is 22.9. The van der Waals surface area contributed by atoms with Crippen LogP contribution in [0.5, 0.6) is 0 Å². The minimum Gasteiger partial charge on any atom is -0.394 e. The fourth-order valence-electron chi connectivity index (χ4n) is 6.24. The number of aliphatic hydroxyl groups excluding tert-OH is 1. The molecule has 2 aliphatic heterocycles. The van der Waals surface area contributed by atoms with Crippen LogP contribution >= 0.6 is 23.4 Å². The van der Waals surface area contributed by atoms with Gasteiger partial charge in [-0.3, -0.25) is 4.79 Å². The molecular formula is C28H34ClN9O2S. The van der Waals surface area contributed by atoms with Crippen molar-refractivity contribution >= 4 is 52.5 Å². The number of nitrogens with two attached hydrogens (primary N) is 1. The number of carbonyl (C=O) groups excluding carboxylic acids is 1. The van der Waals surface area contributed by atoms with E-state index in [1.165, 1.54) is 11.8 Å². The van der Waals surface area contributed by atoms with E-state index in [0.717, 1.165) is 56.0 Å². The Bertz CT molecular complexity index is 1400. The monoisotopic (exact) mass is 595 g/mol. The van der Waals surface area contributed by atoms with E-state index in [9.17, 15) is 9.90 Å². The molecule has 1 spiro atoms. The Labute approximate surface area is 248 Å². The van der Waals surface area contributed by atoms with Gasteiger partial charge in [-0.15, -0.1) is 0 Å². The Kier molecular flexibility index (Phi) is 7.99. The van der Waals surface area contributed by atoms with Crippen LogP contribution in [0.2, 0.25) is 5.02 Å². The molecule has 0 bridgehead atoms. The second-order valence-corrected chi connectivity index (χ2v) is 12.6. The molecule has 0 unspecified atom stereocenters. The quantitative estimate of drug-likeness (QED) is 0.366. The summed E-state index contributed by atoms with van der Waals surface area (Å²) >= 11 is 8.15. The summed E-state index contributed by atoms with van der Waals surface area (Å²) in [5.41, 5.74) is 6.38. The molecule has 0 radical (unpaired) electrons. The van der Waals surface area contributed by atoms with E-state index in [1.807, 2.05) is 17.9 Å². The zero-order valence-corrected chi connectivity index (χ0v) is 24.5. The molecule has 3 aromatic heterocycles. The summed E-state index contributed by atoms with van der Waals surface area (Å²) in [7, 11) is 0. The van der Waals surface area contributed by atoms with E-state index in [-0.39, 0.29) is 30.0 Å². The predicted octanol–water partition coefficient (Wildman–Crippen LogP) is 3.69. The summed E-state index contributed by atoms with van der Waals surface area (Å²) in [5, 5.41) is 14.0. The number of Topliss-reactive ketones (excluding diaryl/α,β-unsaturated/α-hetero) is 1. The molecule has 1 aliphatic carbocycles. The summed E-state index contributed by atoms with van der Waals surface area (Å²) in [5.74, 6) is 2.67. The molecule has 1 saturated carbocycles. The molecule has 5 heterocycles. The number of rotatable bonds is 7. The predicted molar refractivity (Wildman–Crippen MR) is 159 cm³/mol. The van der Waals surface area contributed by atoms with E-state index in [0.29, 0.717) is 39.8 Å². The molecule has 11 nitrogen and oxygen atoms in total. The van der Waals surface area contributed by atoms with Crippen molar-refractivity contribution in [1.29, 1.82) is 0 Å². The Morgan fingerprint density at radius 3 is 2.66 bits per heavy atom. The molecule has 216 valence electrons. The van der Waals surface area contributed by atoms with Gasteiger partial charge in [-0.05, 0) is 43.2 Å². The molecule has 3 fully saturated rings. The number of hydrogen-bond donors (Lipinski definition) is 3. The standard InChI is InChI=1S/C28H34ClN9O2S/c1-17-19(40)13-28(25(17)30)6-11-37(12-7-28)22-14-34-23(15-33-22)41-20-4-8-31-26(24(20)29)35-21-5-9-32-27(36-21)38-10-2-3-18(38)16-39/h4-5,8-9,14-15,17-18,25,39H,2-3,6-7,10-13,16,30H2,1H3,(H,31,32,35,36)/t17-,18+,25+/m1/s1. The number of aromatic nitrogens is 5. The fourth-order valence-corrected chi connectivity index (χ4v) is 7.27. The number of nitrogens with one attached hydrogen (secondary N) is 1. The number of halogens is 1. The SMILES string of the molecule is C[C@@H]1C(=O)CC2(CCN(c3cnc(Sc4ccnc(Nc5ccnc(N6CCC[C@H]6CO)n5)c4Cl)cn3)CC2)[C@H]1N. The van der Waals surface area contributed by atoms with Crippen molar-refractivity contribution in [2.24, 2.45) is 17.1 Å². The van der Waals surface area contributed by atoms with Gasteiger partial charge in [0, 0.05) is 55.3 Å². The molecule has 3 atom stereocenters. The summed E-state index contributed by atoms with van der Waals surface area (Å²) < 4.78 is 0. The van der Waals surface area contributed by atoms with E-state index in [2.05, 4.69) is 35.1 Å². The van der Waals surface area contributed by atoms with Crippen LogP contribution in [0.3, 0.4) is 0 Å². The molecule has 0 aromatic carbocycles. The lowest BCUT2D eigenvalue weighted by Gasteiger charge is -2.42. The van der Waals surface area contributed by atoms with Crippen LogP contribution in [0.25, 0.3) is 0 Å². The van der Waals surface area contributed by atoms with Gasteiger partial charge < -0.3 is 26.0 Å². The molecular weight excluding hydrogens is 562 g/mol. The van der Waals surface area contributed by atoms with E-state index >= 15 is 0 Å². The summed E-state index contributed by atoms with van der Waals surface area (Å²) in [6.07, 6.45) is 11.2. The third kappa shape index (κ3) is 5.57. The number of hydrogen-bond acceptors (Lipinski definition) is 12. The number of aliphatic hydroxyl groups is 1. The number of carbonyl (C=O) groups is 1. The summed E-state index contributed by atoms with van der Waals surface area (Å²) in [6, 6.07) is 3.57. The zero-order chi connectivity index (χ0) is 28.6. The van der Waals surface area contributed by atoms with Crippen LogP contribution in [-0.2, 0) is 4.79 Å². The van der Waals surface area contributed by atoms with Crippen molar-refractivity contribution in [2.75, 3.05) is 41.4 Å². The first-order valence-corrected chi connectivity index (χ1v) is 15.2. The molecule has 6 rings (SSSR count). The smallest absolute Gasteiger partial charge is 0.227 e. The summed E-state index contributed by atoms with van der Waals surface area (Å²) in [4.78, 5) is 40.0. The highest BCUT2D eigenvalue weighted by atomic mass is 35.5. The first-order valence-electron chi connectivity index (χ1n) is 14.0. The second-order valence-electron chi connectivity index (χ2n) is 11.1. The lowest BCUT2D eigenvalue weighted by molar-refractivity contribution is -0.120. The molecule has 0 amide bonds. The lowest BCUT2D eigenvalue weighted by atomic mass is 9.73. The minimum atomic E-state index is -0.0799. The normalized spacial score (nSPS) is 23.9. The fraction of sp³-hybridized carbons (Fsp3) is 0.500. The molecule has 4 N–H and O–H groups in total. The van der Waals surface area contributed by atoms with Gasteiger partial charge in [0.25, 0.3) is 0 Å². The van der Waals surface area contributed by atoms with Crippen molar-refractivity contribution in [3.63, 3.8) is 0 Å². The number of piperidine rings is 1. The second kappa shape index (κ2) is 11.7. The highest BCUT2D eigenvalue weighted by molar-refractivity contribution is 7.99. The number of nitrogens with zero attached hydrogens (tertiary/aromatic N) is 7. The van der Waals surface area contributed by atoms with Gasteiger partial charge in [0.05, 0.1) is 30.1 Å². The van der Waals surface area contributed by atoms with Crippen LogP contribution < -0.4 is 20.9 Å². The summed E-state index contributed by atoms with van der Waals surface area (Å²) in [6.45, 7) is 4.46. The Hall–Kier alpha value is -3.06. The van der Waals surface area contributed by atoms with Gasteiger partial charge in [-0.1, -0.05) is 30.3 Å². The van der Waals surface area contributed by atoms with Gasteiger partial charge >= 0.3 is 0 Å². The highest BCUT2D eigenvalue weighted by Gasteiger charge is 2.50. The Morgan fingerprint density at radius 2 is 1.95 bits per heavy atom. The number of pyridine rings is 1. The van der Waals surface area contributed by atoms with Crippen LogP contribution in [0.15, 0.2) is 46.8 Å². The third-order valence-corrected chi connectivity index (χ3v) is 10.3. The molecule has 3 aromatic rings. The van der Waals surface area contributed by atoms with Crippen LogP contribution in [0.1, 0.15) is 39.0 Å². The average Bonchev–Trinajstić information content (AvgIpc) is 3.55.